The number of rotatable bonds is 21. The first kappa shape index (κ1) is 44.5. The normalized spacial score (nSPS) is 16.7. The Hall–Kier alpha value is -2.91. The van der Waals surface area contributed by atoms with Crippen LogP contribution in [-0.4, -0.2) is 48.0 Å². The molecule has 3 rings (SSSR count). The summed E-state index contributed by atoms with van der Waals surface area (Å²) in [4.78, 5) is 0.350. The molecule has 2 unspecified atom stereocenters. The Morgan fingerprint density at radius 1 is 0.906 bits per heavy atom. The molecule has 294 valence electrons. The fourth-order valence-corrected chi connectivity index (χ4v) is 8.79. The maximum Gasteiger partial charge on any atom is 0.199 e. The molecular formula is C45H68O6SSi. The van der Waals surface area contributed by atoms with E-state index in [1.807, 2.05) is 19.1 Å². The van der Waals surface area contributed by atoms with E-state index in [2.05, 4.69) is 85.5 Å². The minimum atomic E-state index is -3.62. The predicted octanol–water partition coefficient (Wildman–Crippen LogP) is 12.0. The summed E-state index contributed by atoms with van der Waals surface area (Å²) < 4.78 is 52.8. The molecule has 0 spiro atoms. The van der Waals surface area contributed by atoms with E-state index in [-0.39, 0.29) is 13.1 Å². The van der Waals surface area contributed by atoms with Crippen LogP contribution in [0.4, 0.5) is 0 Å². The van der Waals surface area contributed by atoms with E-state index in [1.165, 1.54) is 11.1 Å². The van der Waals surface area contributed by atoms with E-state index in [0.717, 1.165) is 90.3 Å². The van der Waals surface area contributed by atoms with Crippen LogP contribution in [0.5, 0.6) is 11.5 Å². The number of ether oxygens (including phenoxy) is 4. The highest BCUT2D eigenvalue weighted by atomic mass is 32.2. The molecule has 1 aliphatic rings. The summed E-state index contributed by atoms with van der Waals surface area (Å²) in [5, 5.41) is -0.679. The van der Waals surface area contributed by atoms with Crippen molar-refractivity contribution in [2.45, 2.75) is 148 Å². The van der Waals surface area contributed by atoms with Gasteiger partial charge in [-0.25, -0.2) is 8.42 Å². The first-order chi connectivity index (χ1) is 25.1. The zero-order chi connectivity index (χ0) is 39.0. The molecule has 2 aromatic carbocycles. The zero-order valence-electron chi connectivity index (χ0n) is 34.5. The van der Waals surface area contributed by atoms with Gasteiger partial charge in [0.15, 0.2) is 22.9 Å². The van der Waals surface area contributed by atoms with Crippen molar-refractivity contribution < 1.29 is 27.4 Å². The molecule has 0 amide bonds. The second kappa shape index (κ2) is 21.8. The molecular weight excluding hydrogens is 697 g/mol. The van der Waals surface area contributed by atoms with E-state index in [9.17, 15) is 8.42 Å². The van der Waals surface area contributed by atoms with Gasteiger partial charge in [-0.1, -0.05) is 84.4 Å². The van der Waals surface area contributed by atoms with Crippen molar-refractivity contribution >= 4 is 17.9 Å². The summed E-state index contributed by atoms with van der Waals surface area (Å²) in [6, 6.07) is 12.0. The van der Waals surface area contributed by atoms with Crippen molar-refractivity contribution in [3.63, 3.8) is 0 Å². The van der Waals surface area contributed by atoms with Gasteiger partial charge in [0.1, 0.15) is 11.5 Å². The lowest BCUT2D eigenvalue weighted by Gasteiger charge is -2.26. The first-order valence-corrected chi connectivity index (χ1v) is 24.8. The van der Waals surface area contributed by atoms with E-state index in [0.29, 0.717) is 31.0 Å². The Labute approximate surface area is 323 Å². The van der Waals surface area contributed by atoms with Crippen LogP contribution < -0.4 is 9.47 Å². The average molecular weight is 765 g/mol. The highest BCUT2D eigenvalue weighted by Gasteiger charge is 2.26. The maximum absolute atomic E-state index is 14.1. The third-order valence-electron chi connectivity index (χ3n) is 9.81. The largest absolute Gasteiger partial charge is 0.467 e. The fraction of sp³-hybridized carbons (Fsp3) is 0.556. The standard InChI is InChI=1S/C45H68O6SSi/c1-34(2)18-16-19-35(3)20-17-21-36(4)30-42(52(46,47)41-22-12-11-13-23-41)31-37(5)25-26-40-32-43(51-44-24-14-15-27-49-44)38(6)39(7)45(40)50-33-48-28-29-53(8,9)10/h11-13,18,20,22-23,25,30,32,42,44H,14-17,19,21,24,26-29,31,33H2,1-10H3. The fourth-order valence-electron chi connectivity index (χ4n) is 6.25. The number of allylic oxidation sites excluding steroid dienone is 7. The lowest BCUT2D eigenvalue weighted by atomic mass is 9.99. The van der Waals surface area contributed by atoms with Gasteiger partial charge in [-0.05, 0) is 135 Å². The van der Waals surface area contributed by atoms with Crippen LogP contribution in [0.1, 0.15) is 103 Å². The second-order valence-corrected chi connectivity index (χ2v) is 24.1. The Morgan fingerprint density at radius 3 is 2.26 bits per heavy atom. The Balaban J connectivity index is 1.87. The summed E-state index contributed by atoms with van der Waals surface area (Å²) in [6.07, 6.45) is 16.2. The molecule has 1 fully saturated rings. The van der Waals surface area contributed by atoms with Crippen LogP contribution >= 0.6 is 0 Å². The minimum Gasteiger partial charge on any atom is -0.467 e. The third-order valence-corrected chi connectivity index (χ3v) is 13.5. The van der Waals surface area contributed by atoms with Crippen molar-refractivity contribution in [1.29, 1.82) is 0 Å². The molecule has 0 radical (unpaired) electrons. The van der Waals surface area contributed by atoms with Crippen molar-refractivity contribution in [3.8, 4) is 11.5 Å². The van der Waals surface area contributed by atoms with Crippen molar-refractivity contribution in [2.75, 3.05) is 20.0 Å². The van der Waals surface area contributed by atoms with Crippen LogP contribution in [0.15, 0.2) is 87.9 Å². The first-order valence-electron chi connectivity index (χ1n) is 19.6. The number of benzene rings is 2. The molecule has 1 saturated heterocycles. The van der Waals surface area contributed by atoms with Crippen LogP contribution in [0.3, 0.4) is 0 Å². The predicted molar refractivity (Wildman–Crippen MR) is 225 cm³/mol. The van der Waals surface area contributed by atoms with Gasteiger partial charge in [-0.2, -0.15) is 0 Å². The summed E-state index contributed by atoms with van der Waals surface area (Å²) in [6.45, 7) is 23.2. The highest BCUT2D eigenvalue weighted by molar-refractivity contribution is 7.92. The van der Waals surface area contributed by atoms with Gasteiger partial charge in [-0.3, -0.25) is 0 Å². The Kier molecular flexibility index (Phi) is 18.3. The molecule has 0 aromatic heterocycles. The van der Waals surface area contributed by atoms with Crippen molar-refractivity contribution in [3.05, 3.63) is 99.7 Å². The van der Waals surface area contributed by atoms with E-state index in [1.54, 1.807) is 24.3 Å². The van der Waals surface area contributed by atoms with E-state index < -0.39 is 23.2 Å². The molecule has 6 nitrogen and oxygen atoms in total. The highest BCUT2D eigenvalue weighted by Crippen LogP contribution is 2.36. The smallest absolute Gasteiger partial charge is 0.199 e. The summed E-state index contributed by atoms with van der Waals surface area (Å²) in [5.41, 5.74) is 7.81. The lowest BCUT2D eigenvalue weighted by molar-refractivity contribution is -0.106. The van der Waals surface area contributed by atoms with Crippen molar-refractivity contribution in [2.24, 2.45) is 0 Å². The van der Waals surface area contributed by atoms with Gasteiger partial charge >= 0.3 is 0 Å². The van der Waals surface area contributed by atoms with Gasteiger partial charge in [0.05, 0.1) is 16.8 Å². The molecule has 2 atom stereocenters. The van der Waals surface area contributed by atoms with Crippen LogP contribution in [0.2, 0.25) is 25.7 Å². The molecule has 0 N–H and O–H groups in total. The molecule has 1 heterocycles. The van der Waals surface area contributed by atoms with Crippen molar-refractivity contribution in [1.82, 2.24) is 0 Å². The quantitative estimate of drug-likeness (QED) is 0.0545. The van der Waals surface area contributed by atoms with Gasteiger partial charge < -0.3 is 18.9 Å². The molecule has 53 heavy (non-hydrogen) atoms. The monoisotopic (exact) mass is 764 g/mol. The van der Waals surface area contributed by atoms with Gasteiger partial charge in [0.25, 0.3) is 0 Å². The molecule has 2 aromatic rings. The van der Waals surface area contributed by atoms with Crippen LogP contribution in [-0.2, 0) is 25.7 Å². The molecule has 8 heteroatoms. The molecule has 0 bridgehead atoms. The minimum absolute atomic E-state index is 0.179. The summed E-state index contributed by atoms with van der Waals surface area (Å²) in [5.74, 6) is 1.59. The SMILES string of the molecule is CC(C)=CCCC(C)=CCCC(C)=CC(CC(C)=CCc1cc(OC2CCCCO2)c(C)c(C)c1OCOCC[Si](C)(C)C)S(=O)(=O)c1ccccc1. The zero-order valence-corrected chi connectivity index (χ0v) is 36.3. The summed E-state index contributed by atoms with van der Waals surface area (Å²) in [7, 11) is -4.84. The van der Waals surface area contributed by atoms with Crippen LogP contribution in [0.25, 0.3) is 0 Å². The Morgan fingerprint density at radius 2 is 1.60 bits per heavy atom. The maximum atomic E-state index is 14.1. The number of sulfone groups is 1. The van der Waals surface area contributed by atoms with Gasteiger partial charge in [0, 0.05) is 26.7 Å². The topological polar surface area (TPSA) is 71.1 Å². The Bertz CT molecular complexity index is 1670. The molecule has 1 aliphatic heterocycles. The van der Waals surface area contributed by atoms with Crippen LogP contribution in [0, 0.1) is 13.8 Å². The molecule has 0 aliphatic carbocycles. The molecule has 0 saturated carbocycles. The second-order valence-electron chi connectivity index (χ2n) is 16.3. The van der Waals surface area contributed by atoms with Gasteiger partial charge in [0.2, 0.25) is 0 Å². The van der Waals surface area contributed by atoms with Gasteiger partial charge in [-0.15, -0.1) is 0 Å². The number of hydrogen-bond donors (Lipinski definition) is 0. The van der Waals surface area contributed by atoms with E-state index in [4.69, 9.17) is 18.9 Å². The number of hydrogen-bond acceptors (Lipinski definition) is 6. The average Bonchev–Trinajstić information content (AvgIpc) is 3.10. The van der Waals surface area contributed by atoms with E-state index >= 15 is 0 Å². The summed E-state index contributed by atoms with van der Waals surface area (Å²) >= 11 is 0. The third kappa shape index (κ3) is 15.8. The lowest BCUT2D eigenvalue weighted by Crippen LogP contribution is -2.25.